The van der Waals surface area contributed by atoms with E-state index in [4.69, 9.17) is 9.47 Å². The van der Waals surface area contributed by atoms with Crippen LogP contribution in [-0.4, -0.2) is 31.9 Å². The first-order valence-corrected chi connectivity index (χ1v) is 6.42. The van der Waals surface area contributed by atoms with Gasteiger partial charge in [0.25, 0.3) is 0 Å². The molecule has 17 heavy (non-hydrogen) atoms. The van der Waals surface area contributed by atoms with Gasteiger partial charge in [0.15, 0.2) is 5.13 Å². The molecule has 0 radical (unpaired) electrons. The van der Waals surface area contributed by atoms with Crippen molar-refractivity contribution in [2.45, 2.75) is 6.92 Å². The van der Waals surface area contributed by atoms with Crippen LogP contribution in [0.25, 0.3) is 10.2 Å². The molecule has 0 aliphatic rings. The molecule has 0 fully saturated rings. The molecule has 1 N–H and O–H groups in total. The molecular formula is C12H16N2O2S. The monoisotopic (exact) mass is 252 g/mol. The smallest absolute Gasteiger partial charge is 0.184 e. The number of hydrogen-bond donors (Lipinski definition) is 1. The van der Waals surface area contributed by atoms with E-state index in [0.717, 1.165) is 27.6 Å². The lowest BCUT2D eigenvalue weighted by Crippen LogP contribution is -2.06. The third-order valence-corrected chi connectivity index (χ3v) is 3.24. The highest BCUT2D eigenvalue weighted by Crippen LogP contribution is 2.32. The Morgan fingerprint density at radius 1 is 1.41 bits per heavy atom. The van der Waals surface area contributed by atoms with Crippen molar-refractivity contribution < 1.29 is 9.47 Å². The average molecular weight is 252 g/mol. The highest BCUT2D eigenvalue weighted by molar-refractivity contribution is 7.22. The second-order valence-corrected chi connectivity index (χ2v) is 4.51. The SMILES string of the molecule is CCOc1cccc2sc(NCCOC)nc12. The van der Waals surface area contributed by atoms with E-state index in [1.807, 2.05) is 19.1 Å². The number of aromatic nitrogens is 1. The molecule has 92 valence electrons. The first kappa shape index (κ1) is 12.1. The van der Waals surface area contributed by atoms with Gasteiger partial charge in [-0.2, -0.15) is 0 Å². The van der Waals surface area contributed by atoms with Crippen LogP contribution in [0.3, 0.4) is 0 Å². The molecule has 1 heterocycles. The number of methoxy groups -OCH3 is 1. The zero-order valence-corrected chi connectivity index (χ0v) is 10.8. The molecule has 0 aliphatic carbocycles. The van der Waals surface area contributed by atoms with Crippen LogP contribution in [0.1, 0.15) is 6.92 Å². The van der Waals surface area contributed by atoms with Gasteiger partial charge < -0.3 is 14.8 Å². The highest BCUT2D eigenvalue weighted by Gasteiger charge is 2.08. The van der Waals surface area contributed by atoms with Crippen molar-refractivity contribution in [2.24, 2.45) is 0 Å². The van der Waals surface area contributed by atoms with E-state index < -0.39 is 0 Å². The van der Waals surface area contributed by atoms with Crippen molar-refractivity contribution >= 4 is 26.7 Å². The number of thiazole rings is 1. The minimum atomic E-state index is 0.656. The van der Waals surface area contributed by atoms with Crippen LogP contribution in [0.5, 0.6) is 5.75 Å². The van der Waals surface area contributed by atoms with Gasteiger partial charge in [-0.1, -0.05) is 17.4 Å². The Kier molecular flexibility index (Phi) is 4.17. The second-order valence-electron chi connectivity index (χ2n) is 3.47. The van der Waals surface area contributed by atoms with Crippen LogP contribution in [-0.2, 0) is 4.74 Å². The fourth-order valence-electron chi connectivity index (χ4n) is 1.53. The van der Waals surface area contributed by atoms with Crippen LogP contribution in [0.2, 0.25) is 0 Å². The Morgan fingerprint density at radius 2 is 2.29 bits per heavy atom. The van der Waals surface area contributed by atoms with Crippen molar-refractivity contribution in [3.63, 3.8) is 0 Å². The van der Waals surface area contributed by atoms with Crippen molar-refractivity contribution in [3.8, 4) is 5.75 Å². The lowest BCUT2D eigenvalue weighted by Gasteiger charge is -2.02. The number of benzene rings is 1. The van der Waals surface area contributed by atoms with Crippen LogP contribution in [0.15, 0.2) is 18.2 Å². The standard InChI is InChI=1S/C12H16N2O2S/c1-3-16-9-5-4-6-10-11(9)14-12(17-10)13-7-8-15-2/h4-6H,3,7-8H2,1-2H3,(H,13,14). The van der Waals surface area contributed by atoms with Crippen LogP contribution < -0.4 is 10.1 Å². The lowest BCUT2D eigenvalue weighted by molar-refractivity contribution is 0.211. The van der Waals surface area contributed by atoms with Crippen molar-refractivity contribution in [3.05, 3.63) is 18.2 Å². The van der Waals surface area contributed by atoms with Gasteiger partial charge in [0.1, 0.15) is 11.3 Å². The Labute approximate surface area is 105 Å². The summed E-state index contributed by atoms with van der Waals surface area (Å²) >= 11 is 1.63. The molecule has 2 aromatic rings. The van der Waals surface area contributed by atoms with Gasteiger partial charge in [0.2, 0.25) is 0 Å². The predicted octanol–water partition coefficient (Wildman–Crippen LogP) is 2.75. The van der Waals surface area contributed by atoms with E-state index in [0.29, 0.717) is 13.2 Å². The Bertz CT molecular complexity index is 484. The van der Waals surface area contributed by atoms with Gasteiger partial charge in [-0.15, -0.1) is 0 Å². The maximum Gasteiger partial charge on any atom is 0.184 e. The summed E-state index contributed by atoms with van der Waals surface area (Å²) in [4.78, 5) is 4.53. The van der Waals surface area contributed by atoms with Gasteiger partial charge in [-0.25, -0.2) is 4.98 Å². The summed E-state index contributed by atoms with van der Waals surface area (Å²) in [5, 5.41) is 4.14. The summed E-state index contributed by atoms with van der Waals surface area (Å²) in [7, 11) is 1.69. The van der Waals surface area contributed by atoms with Crippen molar-refractivity contribution in [1.29, 1.82) is 0 Å². The van der Waals surface area contributed by atoms with Gasteiger partial charge in [0, 0.05) is 13.7 Å². The number of rotatable bonds is 6. The van der Waals surface area contributed by atoms with E-state index in [9.17, 15) is 0 Å². The third-order valence-electron chi connectivity index (χ3n) is 2.26. The molecule has 0 unspecified atom stereocenters. The molecule has 2 rings (SSSR count). The molecular weight excluding hydrogens is 236 g/mol. The number of nitrogens with one attached hydrogen (secondary N) is 1. The van der Waals surface area contributed by atoms with Gasteiger partial charge in [0.05, 0.1) is 17.9 Å². The number of anilines is 1. The molecule has 0 saturated carbocycles. The van der Waals surface area contributed by atoms with Crippen LogP contribution >= 0.6 is 11.3 Å². The molecule has 4 nitrogen and oxygen atoms in total. The van der Waals surface area contributed by atoms with Crippen LogP contribution in [0, 0.1) is 0 Å². The van der Waals surface area contributed by atoms with E-state index in [1.165, 1.54) is 0 Å². The highest BCUT2D eigenvalue weighted by atomic mass is 32.1. The minimum Gasteiger partial charge on any atom is -0.492 e. The van der Waals surface area contributed by atoms with Gasteiger partial charge in [-0.3, -0.25) is 0 Å². The minimum absolute atomic E-state index is 0.656. The molecule has 0 bridgehead atoms. The molecule has 0 amide bonds. The maximum absolute atomic E-state index is 5.55. The third kappa shape index (κ3) is 2.87. The van der Waals surface area contributed by atoms with E-state index >= 15 is 0 Å². The summed E-state index contributed by atoms with van der Waals surface area (Å²) in [5.74, 6) is 0.848. The Morgan fingerprint density at radius 3 is 3.06 bits per heavy atom. The van der Waals surface area contributed by atoms with E-state index in [-0.39, 0.29) is 0 Å². The number of fused-ring (bicyclic) bond motifs is 1. The Hall–Kier alpha value is -1.33. The maximum atomic E-state index is 5.55. The average Bonchev–Trinajstić information content (AvgIpc) is 2.74. The molecule has 0 atom stereocenters. The van der Waals surface area contributed by atoms with E-state index in [1.54, 1.807) is 18.4 Å². The van der Waals surface area contributed by atoms with Crippen molar-refractivity contribution in [1.82, 2.24) is 4.98 Å². The first-order chi connectivity index (χ1) is 8.35. The molecule has 1 aromatic heterocycles. The fraction of sp³-hybridized carbons (Fsp3) is 0.417. The van der Waals surface area contributed by atoms with Gasteiger partial charge in [-0.05, 0) is 19.1 Å². The molecule has 0 spiro atoms. The molecule has 1 aromatic carbocycles. The zero-order chi connectivity index (χ0) is 12.1. The summed E-state index contributed by atoms with van der Waals surface area (Å²) in [6, 6.07) is 5.99. The van der Waals surface area contributed by atoms with Gasteiger partial charge >= 0.3 is 0 Å². The molecule has 5 heteroatoms. The second kappa shape index (κ2) is 5.84. The summed E-state index contributed by atoms with van der Waals surface area (Å²) in [5.41, 5.74) is 0.930. The molecule has 0 aliphatic heterocycles. The topological polar surface area (TPSA) is 43.4 Å². The number of para-hydroxylation sites is 1. The first-order valence-electron chi connectivity index (χ1n) is 5.60. The zero-order valence-electron chi connectivity index (χ0n) is 10.0. The quantitative estimate of drug-likeness (QED) is 0.803. The predicted molar refractivity (Wildman–Crippen MR) is 71.2 cm³/mol. The largest absolute Gasteiger partial charge is 0.492 e. The number of ether oxygens (including phenoxy) is 2. The van der Waals surface area contributed by atoms with Crippen LogP contribution in [0.4, 0.5) is 5.13 Å². The normalized spacial score (nSPS) is 10.7. The lowest BCUT2D eigenvalue weighted by atomic mass is 10.3. The fourth-order valence-corrected chi connectivity index (χ4v) is 2.44. The Balaban J connectivity index is 2.20. The number of nitrogens with zero attached hydrogens (tertiary/aromatic N) is 1. The van der Waals surface area contributed by atoms with E-state index in [2.05, 4.69) is 16.4 Å². The number of hydrogen-bond acceptors (Lipinski definition) is 5. The van der Waals surface area contributed by atoms with Crippen molar-refractivity contribution in [2.75, 3.05) is 32.2 Å². The molecule has 0 saturated heterocycles. The summed E-state index contributed by atoms with van der Waals surface area (Å²) < 4.78 is 11.7. The summed E-state index contributed by atoms with van der Waals surface area (Å²) in [6.45, 7) is 4.07. The summed E-state index contributed by atoms with van der Waals surface area (Å²) in [6.07, 6.45) is 0.